The average molecular weight is 263 g/mol. The number of benzene rings is 1. The molecule has 3 heteroatoms. The summed E-state index contributed by atoms with van der Waals surface area (Å²) >= 11 is 0. The molecule has 2 rings (SSSR count). The number of hydrogen-bond donors (Lipinski definition) is 0. The second-order valence-electron chi connectivity index (χ2n) is 5.71. The van der Waals surface area contributed by atoms with Crippen molar-refractivity contribution < 1.29 is 9.18 Å². The van der Waals surface area contributed by atoms with Gasteiger partial charge in [-0.05, 0) is 43.4 Å². The first-order chi connectivity index (χ1) is 9.00. The number of aryl methyl sites for hydroxylation is 1. The zero-order valence-corrected chi connectivity index (χ0v) is 11.9. The van der Waals surface area contributed by atoms with Crippen molar-refractivity contribution in [1.82, 2.24) is 4.90 Å². The van der Waals surface area contributed by atoms with E-state index in [1.807, 2.05) is 7.05 Å². The molecule has 2 unspecified atom stereocenters. The molecule has 1 fully saturated rings. The van der Waals surface area contributed by atoms with Crippen LogP contribution in [0, 0.1) is 18.7 Å². The molecule has 1 aromatic rings. The van der Waals surface area contributed by atoms with Gasteiger partial charge in [-0.25, -0.2) is 4.39 Å². The third-order valence-corrected chi connectivity index (χ3v) is 4.30. The number of rotatable bonds is 2. The zero-order chi connectivity index (χ0) is 14.0. The van der Waals surface area contributed by atoms with E-state index in [0.717, 1.165) is 6.42 Å². The molecule has 0 saturated heterocycles. The molecule has 104 valence electrons. The molecule has 2 nitrogen and oxygen atoms in total. The van der Waals surface area contributed by atoms with Gasteiger partial charge in [-0.3, -0.25) is 4.79 Å². The van der Waals surface area contributed by atoms with Crippen molar-refractivity contribution in [2.75, 3.05) is 7.05 Å². The SMILES string of the molecule is Cc1ccc(C(=O)N(C)C2CCCCC2C)cc1F. The lowest BCUT2D eigenvalue weighted by Gasteiger charge is -2.36. The number of hydrogen-bond acceptors (Lipinski definition) is 1. The Hall–Kier alpha value is -1.38. The normalized spacial score (nSPS) is 23.2. The van der Waals surface area contributed by atoms with Gasteiger partial charge < -0.3 is 4.90 Å². The third kappa shape index (κ3) is 2.96. The van der Waals surface area contributed by atoms with Gasteiger partial charge in [0.1, 0.15) is 5.82 Å². The largest absolute Gasteiger partial charge is 0.338 e. The van der Waals surface area contributed by atoms with E-state index in [2.05, 4.69) is 6.92 Å². The van der Waals surface area contributed by atoms with Crippen LogP contribution in [0.25, 0.3) is 0 Å². The van der Waals surface area contributed by atoms with Crippen molar-refractivity contribution in [3.8, 4) is 0 Å². The summed E-state index contributed by atoms with van der Waals surface area (Å²) in [6, 6.07) is 5.01. The van der Waals surface area contributed by atoms with Crippen LogP contribution in [0.2, 0.25) is 0 Å². The highest BCUT2D eigenvalue weighted by molar-refractivity contribution is 5.94. The Morgan fingerprint density at radius 2 is 2.00 bits per heavy atom. The Morgan fingerprint density at radius 1 is 1.32 bits per heavy atom. The molecular formula is C16H22FNO. The highest BCUT2D eigenvalue weighted by Crippen LogP contribution is 2.28. The Kier molecular flexibility index (Phi) is 4.23. The van der Waals surface area contributed by atoms with Gasteiger partial charge in [-0.2, -0.15) is 0 Å². The third-order valence-electron chi connectivity index (χ3n) is 4.30. The summed E-state index contributed by atoms with van der Waals surface area (Å²) in [6.07, 6.45) is 4.65. The van der Waals surface area contributed by atoms with Crippen LogP contribution in [-0.2, 0) is 0 Å². The first-order valence-corrected chi connectivity index (χ1v) is 7.04. The van der Waals surface area contributed by atoms with Crippen LogP contribution < -0.4 is 0 Å². The number of amides is 1. The molecule has 19 heavy (non-hydrogen) atoms. The van der Waals surface area contributed by atoms with Gasteiger partial charge in [-0.15, -0.1) is 0 Å². The molecule has 0 aromatic heterocycles. The molecule has 0 N–H and O–H groups in total. The van der Waals surface area contributed by atoms with Gasteiger partial charge in [0.05, 0.1) is 0 Å². The van der Waals surface area contributed by atoms with E-state index < -0.39 is 0 Å². The van der Waals surface area contributed by atoms with E-state index in [9.17, 15) is 9.18 Å². The minimum atomic E-state index is -0.309. The number of halogens is 1. The van der Waals surface area contributed by atoms with E-state index in [4.69, 9.17) is 0 Å². The van der Waals surface area contributed by atoms with Crippen molar-refractivity contribution >= 4 is 5.91 Å². The van der Waals surface area contributed by atoms with Gasteiger partial charge >= 0.3 is 0 Å². The number of carbonyl (C=O) groups is 1. The maximum absolute atomic E-state index is 13.6. The Morgan fingerprint density at radius 3 is 2.63 bits per heavy atom. The van der Waals surface area contributed by atoms with E-state index in [-0.39, 0.29) is 17.8 Å². The van der Waals surface area contributed by atoms with Gasteiger partial charge in [0.2, 0.25) is 0 Å². The fraction of sp³-hybridized carbons (Fsp3) is 0.562. The summed E-state index contributed by atoms with van der Waals surface area (Å²) in [7, 11) is 1.84. The predicted octanol–water partition coefficient (Wildman–Crippen LogP) is 3.78. The van der Waals surface area contributed by atoms with Crippen LogP contribution in [0.5, 0.6) is 0 Å². The molecule has 0 aliphatic heterocycles. The minimum Gasteiger partial charge on any atom is -0.338 e. The van der Waals surface area contributed by atoms with Crippen LogP contribution in [0.1, 0.15) is 48.5 Å². The summed E-state index contributed by atoms with van der Waals surface area (Å²) in [5.74, 6) is 0.145. The molecule has 1 saturated carbocycles. The topological polar surface area (TPSA) is 20.3 Å². The summed E-state index contributed by atoms with van der Waals surface area (Å²) < 4.78 is 13.6. The first kappa shape index (κ1) is 14.0. The lowest BCUT2D eigenvalue weighted by atomic mass is 9.85. The highest BCUT2D eigenvalue weighted by atomic mass is 19.1. The fourth-order valence-electron chi connectivity index (χ4n) is 2.95. The summed E-state index contributed by atoms with van der Waals surface area (Å²) in [5, 5.41) is 0. The zero-order valence-electron chi connectivity index (χ0n) is 11.9. The highest BCUT2D eigenvalue weighted by Gasteiger charge is 2.28. The maximum Gasteiger partial charge on any atom is 0.253 e. The molecule has 0 bridgehead atoms. The molecular weight excluding hydrogens is 241 g/mol. The van der Waals surface area contributed by atoms with Crippen LogP contribution >= 0.6 is 0 Å². The second kappa shape index (κ2) is 5.72. The summed E-state index contributed by atoms with van der Waals surface area (Å²) in [6.45, 7) is 3.90. The van der Waals surface area contributed by atoms with E-state index in [1.54, 1.807) is 24.0 Å². The summed E-state index contributed by atoms with van der Waals surface area (Å²) in [4.78, 5) is 14.2. The fourth-order valence-corrected chi connectivity index (χ4v) is 2.95. The van der Waals surface area contributed by atoms with Crippen molar-refractivity contribution in [2.24, 2.45) is 5.92 Å². The van der Waals surface area contributed by atoms with E-state index >= 15 is 0 Å². The van der Waals surface area contributed by atoms with E-state index in [1.165, 1.54) is 25.3 Å². The Bertz CT molecular complexity index is 472. The molecule has 2 atom stereocenters. The lowest BCUT2D eigenvalue weighted by molar-refractivity contribution is 0.0628. The Labute approximate surface area is 114 Å². The van der Waals surface area contributed by atoms with Gasteiger partial charge in [0, 0.05) is 18.7 Å². The lowest BCUT2D eigenvalue weighted by Crippen LogP contribution is -2.42. The first-order valence-electron chi connectivity index (χ1n) is 7.04. The summed E-state index contributed by atoms with van der Waals surface area (Å²) in [5.41, 5.74) is 1.02. The quantitative estimate of drug-likeness (QED) is 0.795. The smallest absolute Gasteiger partial charge is 0.253 e. The predicted molar refractivity (Wildman–Crippen MR) is 74.7 cm³/mol. The van der Waals surface area contributed by atoms with Gasteiger partial charge in [0.25, 0.3) is 5.91 Å². The van der Waals surface area contributed by atoms with E-state index in [0.29, 0.717) is 17.0 Å². The Balaban J connectivity index is 2.15. The molecule has 1 aliphatic carbocycles. The van der Waals surface area contributed by atoms with Crippen molar-refractivity contribution in [3.63, 3.8) is 0 Å². The molecule has 1 aromatic carbocycles. The van der Waals surface area contributed by atoms with Crippen molar-refractivity contribution in [2.45, 2.75) is 45.6 Å². The van der Waals surface area contributed by atoms with Gasteiger partial charge in [0.15, 0.2) is 0 Å². The molecule has 1 amide bonds. The van der Waals surface area contributed by atoms with Crippen LogP contribution in [-0.4, -0.2) is 23.9 Å². The van der Waals surface area contributed by atoms with Gasteiger partial charge in [-0.1, -0.05) is 25.8 Å². The van der Waals surface area contributed by atoms with Crippen molar-refractivity contribution in [1.29, 1.82) is 0 Å². The van der Waals surface area contributed by atoms with Crippen LogP contribution in [0.4, 0.5) is 4.39 Å². The maximum atomic E-state index is 13.6. The van der Waals surface area contributed by atoms with Crippen LogP contribution in [0.3, 0.4) is 0 Å². The minimum absolute atomic E-state index is 0.0716. The van der Waals surface area contributed by atoms with Crippen LogP contribution in [0.15, 0.2) is 18.2 Å². The average Bonchev–Trinajstić information content (AvgIpc) is 2.41. The standard InChI is InChI=1S/C16H22FNO/c1-11-8-9-13(10-14(11)17)16(19)18(3)15-7-5-4-6-12(15)2/h8-10,12,15H,4-7H2,1-3H3. The molecule has 1 aliphatic rings. The number of nitrogens with zero attached hydrogens (tertiary/aromatic N) is 1. The van der Waals surface area contributed by atoms with Crippen molar-refractivity contribution in [3.05, 3.63) is 35.1 Å². The molecule has 0 radical (unpaired) electrons. The number of carbonyl (C=O) groups excluding carboxylic acids is 1. The second-order valence-corrected chi connectivity index (χ2v) is 5.71. The molecule has 0 spiro atoms. The molecule has 0 heterocycles. The monoisotopic (exact) mass is 263 g/mol.